The van der Waals surface area contributed by atoms with E-state index in [1.165, 1.54) is 101 Å². The molecule has 0 radical (unpaired) electrons. The first-order chi connectivity index (χ1) is 13.5. The van der Waals surface area contributed by atoms with Crippen molar-refractivity contribution in [3.63, 3.8) is 0 Å². The van der Waals surface area contributed by atoms with E-state index in [9.17, 15) is 5.21 Å². The van der Waals surface area contributed by atoms with Crippen LogP contribution in [0, 0.1) is 5.41 Å². The Morgan fingerprint density at radius 3 is 1.75 bits per heavy atom. The normalized spacial score (nSPS) is 18.2. The third-order valence-electron chi connectivity index (χ3n) is 6.59. The van der Waals surface area contributed by atoms with E-state index in [-0.39, 0.29) is 5.41 Å². The molecule has 28 heavy (non-hydrogen) atoms. The molecule has 0 aliphatic heterocycles. The molecule has 0 fully saturated rings. The van der Waals surface area contributed by atoms with Gasteiger partial charge in [-0.3, -0.25) is 0 Å². The van der Waals surface area contributed by atoms with Crippen molar-refractivity contribution in [2.75, 3.05) is 13.7 Å². The van der Waals surface area contributed by atoms with Crippen LogP contribution in [0.5, 0.6) is 0 Å². The molecule has 0 aromatic carbocycles. The van der Waals surface area contributed by atoms with Crippen molar-refractivity contribution >= 4 is 5.71 Å². The SMILES string of the molecule is COCCCCCCCCCCCCCCCC1=C(C)C(=NO)CCC1(C)C. The third-order valence-corrected chi connectivity index (χ3v) is 6.59. The van der Waals surface area contributed by atoms with Crippen molar-refractivity contribution in [1.29, 1.82) is 0 Å². The first-order valence-corrected chi connectivity index (χ1v) is 11.9. The fraction of sp³-hybridized carbons (Fsp3) is 0.880. The molecular weight excluding hydrogens is 346 g/mol. The lowest BCUT2D eigenvalue weighted by Gasteiger charge is -2.35. The molecular formula is C25H47NO2. The second-order valence-electron chi connectivity index (χ2n) is 9.37. The minimum Gasteiger partial charge on any atom is -0.411 e. The Bertz CT molecular complexity index is 465. The van der Waals surface area contributed by atoms with Gasteiger partial charge in [-0.25, -0.2) is 0 Å². The number of oxime groups is 1. The molecule has 0 spiro atoms. The number of hydrogen-bond acceptors (Lipinski definition) is 3. The maximum atomic E-state index is 9.20. The van der Waals surface area contributed by atoms with Gasteiger partial charge in [0.1, 0.15) is 0 Å². The Morgan fingerprint density at radius 1 is 0.821 bits per heavy atom. The molecule has 164 valence electrons. The first kappa shape index (κ1) is 25.2. The summed E-state index contributed by atoms with van der Waals surface area (Å²) < 4.78 is 5.09. The Morgan fingerprint density at radius 2 is 1.29 bits per heavy atom. The van der Waals surface area contributed by atoms with Crippen LogP contribution in [-0.4, -0.2) is 24.6 Å². The highest BCUT2D eigenvalue weighted by molar-refractivity contribution is 6.01. The third kappa shape index (κ3) is 10.1. The molecule has 1 N–H and O–H groups in total. The van der Waals surface area contributed by atoms with Gasteiger partial charge in [-0.2, -0.15) is 0 Å². The highest BCUT2D eigenvalue weighted by Gasteiger charge is 2.30. The summed E-state index contributed by atoms with van der Waals surface area (Å²) in [5, 5.41) is 12.7. The molecule has 0 amide bonds. The molecule has 3 nitrogen and oxygen atoms in total. The van der Waals surface area contributed by atoms with Crippen molar-refractivity contribution in [1.82, 2.24) is 0 Å². The largest absolute Gasteiger partial charge is 0.411 e. The predicted molar refractivity (Wildman–Crippen MR) is 121 cm³/mol. The van der Waals surface area contributed by atoms with E-state index in [0.29, 0.717) is 0 Å². The minimum absolute atomic E-state index is 0.266. The predicted octanol–water partition coefficient (Wildman–Crippen LogP) is 8.06. The lowest BCUT2D eigenvalue weighted by atomic mass is 9.70. The summed E-state index contributed by atoms with van der Waals surface area (Å²) in [6, 6.07) is 0. The van der Waals surface area contributed by atoms with Gasteiger partial charge in [0.15, 0.2) is 0 Å². The molecule has 1 rings (SSSR count). The van der Waals surface area contributed by atoms with Crippen LogP contribution < -0.4 is 0 Å². The topological polar surface area (TPSA) is 41.8 Å². The number of unbranched alkanes of at least 4 members (excludes halogenated alkanes) is 12. The summed E-state index contributed by atoms with van der Waals surface area (Å²) in [5.41, 5.74) is 3.94. The van der Waals surface area contributed by atoms with E-state index in [4.69, 9.17) is 4.74 Å². The zero-order chi connectivity index (χ0) is 20.7. The molecule has 0 unspecified atom stereocenters. The zero-order valence-corrected chi connectivity index (χ0v) is 19.3. The van der Waals surface area contributed by atoms with Gasteiger partial charge in [-0.15, -0.1) is 0 Å². The molecule has 0 saturated heterocycles. The van der Waals surface area contributed by atoms with E-state index in [1.807, 2.05) is 0 Å². The standard InChI is InChI=1S/C25H47NO2/c1-22-23(25(2,3)20-19-24(22)26-27)18-16-14-12-10-8-6-5-7-9-11-13-15-17-21-28-4/h27H,5-21H2,1-4H3. The Hall–Kier alpha value is -0.830. The summed E-state index contributed by atoms with van der Waals surface area (Å²) in [7, 11) is 1.79. The summed E-state index contributed by atoms with van der Waals surface area (Å²) >= 11 is 0. The summed E-state index contributed by atoms with van der Waals surface area (Å²) in [6.07, 6.45) is 20.9. The van der Waals surface area contributed by atoms with Crippen LogP contribution in [0.4, 0.5) is 0 Å². The maximum absolute atomic E-state index is 9.20. The average Bonchev–Trinajstić information content (AvgIpc) is 2.67. The molecule has 0 bridgehead atoms. The van der Waals surface area contributed by atoms with Gasteiger partial charge in [0.05, 0.1) is 5.71 Å². The first-order valence-electron chi connectivity index (χ1n) is 11.9. The van der Waals surface area contributed by atoms with Gasteiger partial charge >= 0.3 is 0 Å². The molecule has 1 aliphatic rings. The number of hydrogen-bond donors (Lipinski definition) is 1. The Balaban J connectivity index is 1.99. The van der Waals surface area contributed by atoms with Crippen LogP contribution in [0.25, 0.3) is 0 Å². The van der Waals surface area contributed by atoms with E-state index in [0.717, 1.165) is 25.2 Å². The monoisotopic (exact) mass is 393 g/mol. The molecule has 0 saturated carbocycles. The van der Waals surface area contributed by atoms with Gasteiger partial charge in [-0.05, 0) is 50.0 Å². The van der Waals surface area contributed by atoms with Crippen LogP contribution in [0.2, 0.25) is 0 Å². The fourth-order valence-corrected chi connectivity index (χ4v) is 4.59. The van der Waals surface area contributed by atoms with Gasteiger partial charge in [-0.1, -0.05) is 95.2 Å². The van der Waals surface area contributed by atoms with Crippen LogP contribution in [0.15, 0.2) is 16.3 Å². The number of rotatable bonds is 16. The van der Waals surface area contributed by atoms with Crippen molar-refractivity contribution in [2.24, 2.45) is 10.6 Å². The maximum Gasteiger partial charge on any atom is 0.0824 e. The van der Waals surface area contributed by atoms with Gasteiger partial charge < -0.3 is 9.94 Å². The van der Waals surface area contributed by atoms with Crippen LogP contribution >= 0.6 is 0 Å². The molecule has 0 aromatic rings. The Labute approximate surface area is 175 Å². The molecule has 0 aromatic heterocycles. The molecule has 0 heterocycles. The zero-order valence-electron chi connectivity index (χ0n) is 19.3. The van der Waals surface area contributed by atoms with Crippen LogP contribution in [0.3, 0.4) is 0 Å². The second kappa shape index (κ2) is 15.1. The van der Waals surface area contributed by atoms with E-state index >= 15 is 0 Å². The highest BCUT2D eigenvalue weighted by atomic mass is 16.5. The highest BCUT2D eigenvalue weighted by Crippen LogP contribution is 2.41. The van der Waals surface area contributed by atoms with Gasteiger partial charge in [0, 0.05) is 13.7 Å². The van der Waals surface area contributed by atoms with Crippen LogP contribution in [0.1, 0.15) is 124 Å². The number of ether oxygens (including phenoxy) is 1. The van der Waals surface area contributed by atoms with Crippen molar-refractivity contribution in [3.05, 3.63) is 11.1 Å². The molecule has 3 heteroatoms. The summed E-state index contributed by atoms with van der Waals surface area (Å²) in [5.74, 6) is 0. The fourth-order valence-electron chi connectivity index (χ4n) is 4.59. The lowest BCUT2D eigenvalue weighted by molar-refractivity contribution is 0.192. The van der Waals surface area contributed by atoms with E-state index in [2.05, 4.69) is 25.9 Å². The van der Waals surface area contributed by atoms with E-state index in [1.54, 1.807) is 7.11 Å². The van der Waals surface area contributed by atoms with Gasteiger partial charge in [0.2, 0.25) is 0 Å². The van der Waals surface area contributed by atoms with E-state index < -0.39 is 0 Å². The summed E-state index contributed by atoms with van der Waals surface area (Å²) in [6.45, 7) is 7.76. The number of allylic oxidation sites excluding steroid dienone is 2. The molecule has 1 aliphatic carbocycles. The van der Waals surface area contributed by atoms with Gasteiger partial charge in [0.25, 0.3) is 0 Å². The Kier molecular flexibility index (Phi) is 13.6. The van der Waals surface area contributed by atoms with Crippen molar-refractivity contribution in [3.8, 4) is 0 Å². The van der Waals surface area contributed by atoms with Crippen molar-refractivity contribution in [2.45, 2.75) is 124 Å². The van der Waals surface area contributed by atoms with Crippen molar-refractivity contribution < 1.29 is 9.94 Å². The average molecular weight is 394 g/mol. The van der Waals surface area contributed by atoms with Crippen LogP contribution in [-0.2, 0) is 4.74 Å². The minimum atomic E-state index is 0.266. The second-order valence-corrected chi connectivity index (χ2v) is 9.37. The summed E-state index contributed by atoms with van der Waals surface area (Å²) in [4.78, 5) is 0. The number of nitrogens with zero attached hydrogens (tertiary/aromatic N) is 1. The number of methoxy groups -OCH3 is 1. The lowest BCUT2D eigenvalue weighted by Crippen LogP contribution is -2.25. The quantitative estimate of drug-likeness (QED) is 0.164. The smallest absolute Gasteiger partial charge is 0.0824 e. The molecule has 0 atom stereocenters.